The molecule has 6 heteroatoms. The van der Waals surface area contributed by atoms with Gasteiger partial charge in [-0.25, -0.2) is 0 Å². The van der Waals surface area contributed by atoms with Crippen LogP contribution in [0.5, 0.6) is 0 Å². The summed E-state index contributed by atoms with van der Waals surface area (Å²) in [6.07, 6.45) is -0.497. The van der Waals surface area contributed by atoms with Crippen molar-refractivity contribution in [3.8, 4) is 0 Å². The van der Waals surface area contributed by atoms with E-state index >= 15 is 0 Å². The standard InChI is InChI=1S/C13H19NO4S/c1-3-18-12(16)6-7-14(9-10(2)15)13(17)11-5-4-8-19-11/h4-5,8,10,15H,3,6-7,9H2,1-2H3. The van der Waals surface area contributed by atoms with Gasteiger partial charge in [0.15, 0.2) is 0 Å². The van der Waals surface area contributed by atoms with Crippen LogP contribution in [0.1, 0.15) is 29.9 Å². The first kappa shape index (κ1) is 15.7. The van der Waals surface area contributed by atoms with Crippen molar-refractivity contribution in [3.05, 3.63) is 22.4 Å². The molecule has 1 rings (SSSR count). The van der Waals surface area contributed by atoms with E-state index in [0.29, 0.717) is 11.5 Å². The maximum absolute atomic E-state index is 12.2. The van der Waals surface area contributed by atoms with Crippen LogP contribution in [-0.2, 0) is 9.53 Å². The third kappa shape index (κ3) is 5.40. The number of aliphatic hydroxyl groups is 1. The highest BCUT2D eigenvalue weighted by molar-refractivity contribution is 7.12. The van der Waals surface area contributed by atoms with Crippen molar-refractivity contribution >= 4 is 23.2 Å². The number of carbonyl (C=O) groups is 2. The number of amides is 1. The molecule has 0 bridgehead atoms. The van der Waals surface area contributed by atoms with Crippen molar-refractivity contribution in [1.82, 2.24) is 4.90 Å². The largest absolute Gasteiger partial charge is 0.466 e. The van der Waals surface area contributed by atoms with E-state index in [4.69, 9.17) is 4.74 Å². The zero-order valence-electron chi connectivity index (χ0n) is 11.2. The second kappa shape index (κ2) is 7.91. The lowest BCUT2D eigenvalue weighted by Crippen LogP contribution is -2.37. The van der Waals surface area contributed by atoms with Crippen LogP contribution in [0.2, 0.25) is 0 Å². The van der Waals surface area contributed by atoms with Gasteiger partial charge in [0.05, 0.1) is 24.0 Å². The second-order valence-corrected chi connectivity index (χ2v) is 5.08. The average Bonchev–Trinajstić information content (AvgIpc) is 2.87. The van der Waals surface area contributed by atoms with E-state index in [1.54, 1.807) is 26.0 Å². The molecule has 1 aromatic rings. The predicted molar refractivity (Wildman–Crippen MR) is 73.2 cm³/mol. The minimum atomic E-state index is -0.633. The number of rotatable bonds is 7. The van der Waals surface area contributed by atoms with Gasteiger partial charge in [0.2, 0.25) is 0 Å². The van der Waals surface area contributed by atoms with E-state index in [9.17, 15) is 14.7 Å². The minimum absolute atomic E-state index is 0.137. The van der Waals surface area contributed by atoms with Crippen molar-refractivity contribution in [2.75, 3.05) is 19.7 Å². The Bertz CT molecular complexity index is 403. The van der Waals surface area contributed by atoms with Gasteiger partial charge in [-0.1, -0.05) is 6.07 Å². The summed E-state index contributed by atoms with van der Waals surface area (Å²) in [4.78, 5) is 25.6. The zero-order chi connectivity index (χ0) is 14.3. The Morgan fingerprint density at radius 2 is 2.26 bits per heavy atom. The summed E-state index contributed by atoms with van der Waals surface area (Å²) in [5.74, 6) is -0.503. The Kier molecular flexibility index (Phi) is 6.52. The molecule has 0 aliphatic rings. The fraction of sp³-hybridized carbons (Fsp3) is 0.538. The molecule has 1 aromatic heterocycles. The van der Waals surface area contributed by atoms with E-state index in [0.717, 1.165) is 0 Å². The maximum Gasteiger partial charge on any atom is 0.307 e. The van der Waals surface area contributed by atoms with Crippen LogP contribution < -0.4 is 0 Å². The van der Waals surface area contributed by atoms with Gasteiger partial charge in [-0.3, -0.25) is 9.59 Å². The molecule has 106 valence electrons. The van der Waals surface area contributed by atoms with Gasteiger partial charge in [-0.05, 0) is 25.3 Å². The molecule has 0 saturated heterocycles. The minimum Gasteiger partial charge on any atom is -0.466 e. The van der Waals surface area contributed by atoms with Crippen molar-refractivity contribution in [2.24, 2.45) is 0 Å². The Hall–Kier alpha value is -1.40. The van der Waals surface area contributed by atoms with E-state index in [-0.39, 0.29) is 31.4 Å². The van der Waals surface area contributed by atoms with Gasteiger partial charge >= 0.3 is 5.97 Å². The number of hydrogen-bond donors (Lipinski definition) is 1. The molecule has 1 atom stereocenters. The molecule has 19 heavy (non-hydrogen) atoms. The molecule has 0 radical (unpaired) electrons. The predicted octanol–water partition coefficient (Wildman–Crippen LogP) is 1.52. The van der Waals surface area contributed by atoms with Crippen LogP contribution in [0, 0.1) is 0 Å². The van der Waals surface area contributed by atoms with Crippen molar-refractivity contribution in [3.63, 3.8) is 0 Å². The molecule has 0 fully saturated rings. The molecular formula is C13H19NO4S. The SMILES string of the molecule is CCOC(=O)CCN(CC(C)O)C(=O)c1cccs1. The van der Waals surface area contributed by atoms with Gasteiger partial charge < -0.3 is 14.7 Å². The normalized spacial score (nSPS) is 11.9. The third-order valence-corrected chi connectivity index (χ3v) is 3.25. The average molecular weight is 285 g/mol. The zero-order valence-corrected chi connectivity index (χ0v) is 12.0. The Balaban J connectivity index is 2.61. The highest BCUT2D eigenvalue weighted by Gasteiger charge is 2.19. The molecule has 1 amide bonds. The highest BCUT2D eigenvalue weighted by atomic mass is 32.1. The molecule has 1 heterocycles. The lowest BCUT2D eigenvalue weighted by Gasteiger charge is -2.23. The first-order valence-corrected chi connectivity index (χ1v) is 7.09. The van der Waals surface area contributed by atoms with Gasteiger partial charge in [-0.2, -0.15) is 0 Å². The maximum atomic E-state index is 12.2. The van der Waals surface area contributed by atoms with Crippen LogP contribution in [-0.4, -0.2) is 47.7 Å². The molecule has 0 aromatic carbocycles. The van der Waals surface area contributed by atoms with Crippen LogP contribution in [0.3, 0.4) is 0 Å². The molecule has 0 saturated carbocycles. The van der Waals surface area contributed by atoms with Crippen molar-refractivity contribution < 1.29 is 19.4 Å². The van der Waals surface area contributed by atoms with Crippen LogP contribution >= 0.6 is 11.3 Å². The number of aliphatic hydroxyl groups excluding tert-OH is 1. The van der Waals surface area contributed by atoms with Crippen molar-refractivity contribution in [1.29, 1.82) is 0 Å². The lowest BCUT2D eigenvalue weighted by molar-refractivity contribution is -0.143. The summed E-state index contributed by atoms with van der Waals surface area (Å²) < 4.78 is 4.83. The van der Waals surface area contributed by atoms with Crippen LogP contribution in [0.15, 0.2) is 17.5 Å². The number of esters is 1. The summed E-state index contributed by atoms with van der Waals surface area (Å²) in [6.45, 7) is 4.13. The summed E-state index contributed by atoms with van der Waals surface area (Å²) in [5.41, 5.74) is 0. The molecule has 1 N–H and O–H groups in total. The smallest absolute Gasteiger partial charge is 0.307 e. The van der Waals surface area contributed by atoms with Gasteiger partial charge in [0.1, 0.15) is 0 Å². The number of carbonyl (C=O) groups excluding carboxylic acids is 2. The van der Waals surface area contributed by atoms with Gasteiger partial charge in [0.25, 0.3) is 5.91 Å². The van der Waals surface area contributed by atoms with E-state index in [1.807, 2.05) is 5.38 Å². The monoisotopic (exact) mass is 285 g/mol. The number of hydrogen-bond acceptors (Lipinski definition) is 5. The first-order chi connectivity index (χ1) is 9.04. The molecular weight excluding hydrogens is 266 g/mol. The lowest BCUT2D eigenvalue weighted by atomic mass is 10.3. The highest BCUT2D eigenvalue weighted by Crippen LogP contribution is 2.13. The van der Waals surface area contributed by atoms with Gasteiger partial charge in [0, 0.05) is 13.1 Å². The summed E-state index contributed by atoms with van der Waals surface area (Å²) in [6, 6.07) is 3.52. The molecule has 5 nitrogen and oxygen atoms in total. The second-order valence-electron chi connectivity index (χ2n) is 4.13. The van der Waals surface area contributed by atoms with Crippen LogP contribution in [0.4, 0.5) is 0 Å². The fourth-order valence-electron chi connectivity index (χ4n) is 1.61. The summed E-state index contributed by atoms with van der Waals surface area (Å²) >= 11 is 1.34. The van der Waals surface area contributed by atoms with Gasteiger partial charge in [-0.15, -0.1) is 11.3 Å². The fourth-order valence-corrected chi connectivity index (χ4v) is 2.30. The third-order valence-electron chi connectivity index (χ3n) is 2.39. The summed E-state index contributed by atoms with van der Waals surface area (Å²) in [5, 5.41) is 11.2. The molecule has 0 aliphatic carbocycles. The number of nitrogens with zero attached hydrogens (tertiary/aromatic N) is 1. The molecule has 1 unspecified atom stereocenters. The van der Waals surface area contributed by atoms with E-state index < -0.39 is 6.10 Å². The molecule has 0 aliphatic heterocycles. The summed E-state index contributed by atoms with van der Waals surface area (Å²) in [7, 11) is 0. The van der Waals surface area contributed by atoms with Crippen molar-refractivity contribution in [2.45, 2.75) is 26.4 Å². The molecule has 0 spiro atoms. The first-order valence-electron chi connectivity index (χ1n) is 6.21. The number of ether oxygens (including phenoxy) is 1. The quantitative estimate of drug-likeness (QED) is 0.771. The topological polar surface area (TPSA) is 66.8 Å². The van der Waals surface area contributed by atoms with E-state index in [2.05, 4.69) is 0 Å². The number of thiophene rings is 1. The Labute approximate surface area is 116 Å². The Morgan fingerprint density at radius 1 is 1.53 bits per heavy atom. The van der Waals surface area contributed by atoms with E-state index in [1.165, 1.54) is 16.2 Å². The van der Waals surface area contributed by atoms with Crippen LogP contribution in [0.25, 0.3) is 0 Å². The Morgan fingerprint density at radius 3 is 2.79 bits per heavy atom.